The van der Waals surface area contributed by atoms with Crippen LogP contribution in [0, 0.1) is 0 Å². The molecule has 0 atom stereocenters. The van der Waals surface area contributed by atoms with Crippen LogP contribution in [0.4, 0.5) is 0 Å². The van der Waals surface area contributed by atoms with Gasteiger partial charge in [0.2, 0.25) is 5.91 Å². The Morgan fingerprint density at radius 3 is 2.46 bits per heavy atom. The lowest BCUT2D eigenvalue weighted by atomic mass is 10.4. The van der Waals surface area contributed by atoms with E-state index in [0.29, 0.717) is 13.0 Å². The number of carbonyl (C=O) groups excluding carboxylic acids is 1. The van der Waals surface area contributed by atoms with Crippen LogP contribution >= 0.6 is 0 Å². The van der Waals surface area contributed by atoms with Crippen molar-refractivity contribution in [2.45, 2.75) is 6.42 Å². The Kier molecular flexibility index (Phi) is 5.06. The quantitative estimate of drug-likeness (QED) is 0.496. The molecular formula is C8H13NO3S. The van der Waals surface area contributed by atoms with E-state index < -0.39 is 21.5 Å². The molecule has 0 aliphatic carbocycles. The van der Waals surface area contributed by atoms with E-state index in [1.54, 1.807) is 6.08 Å². The van der Waals surface area contributed by atoms with Gasteiger partial charge in [-0.3, -0.25) is 4.79 Å². The van der Waals surface area contributed by atoms with Crippen LogP contribution in [-0.2, 0) is 14.6 Å². The fourth-order valence-corrected chi connectivity index (χ4v) is 1.19. The van der Waals surface area contributed by atoms with Crippen LogP contribution in [-0.4, -0.2) is 26.6 Å². The second-order valence-corrected chi connectivity index (χ2v) is 4.35. The van der Waals surface area contributed by atoms with Crippen molar-refractivity contribution in [1.82, 2.24) is 5.32 Å². The second kappa shape index (κ2) is 5.53. The SMILES string of the molecule is C=CCCNC(=O)CS(=O)(=O)C=C. The highest BCUT2D eigenvalue weighted by Crippen LogP contribution is 1.89. The molecule has 1 amide bonds. The van der Waals surface area contributed by atoms with Gasteiger partial charge in [-0.2, -0.15) is 0 Å². The van der Waals surface area contributed by atoms with Gasteiger partial charge in [-0.25, -0.2) is 8.42 Å². The molecule has 0 aromatic heterocycles. The Bertz CT molecular complexity index is 293. The van der Waals surface area contributed by atoms with Crippen LogP contribution in [0.15, 0.2) is 24.6 Å². The number of hydrogen-bond acceptors (Lipinski definition) is 3. The van der Waals surface area contributed by atoms with Crippen molar-refractivity contribution >= 4 is 15.7 Å². The monoisotopic (exact) mass is 203 g/mol. The van der Waals surface area contributed by atoms with E-state index in [1.807, 2.05) is 0 Å². The van der Waals surface area contributed by atoms with E-state index in [2.05, 4.69) is 18.5 Å². The molecule has 0 fully saturated rings. The lowest BCUT2D eigenvalue weighted by molar-refractivity contribution is -0.118. The summed E-state index contributed by atoms with van der Waals surface area (Å²) in [6.07, 6.45) is 2.27. The second-order valence-electron chi connectivity index (χ2n) is 2.40. The topological polar surface area (TPSA) is 63.2 Å². The summed E-state index contributed by atoms with van der Waals surface area (Å²) in [6.45, 7) is 6.97. The molecule has 0 radical (unpaired) electrons. The minimum Gasteiger partial charge on any atom is -0.355 e. The molecule has 0 spiro atoms. The van der Waals surface area contributed by atoms with E-state index in [9.17, 15) is 13.2 Å². The van der Waals surface area contributed by atoms with Gasteiger partial charge < -0.3 is 5.32 Å². The van der Waals surface area contributed by atoms with Gasteiger partial charge >= 0.3 is 0 Å². The Hall–Kier alpha value is -1.10. The molecule has 0 aliphatic rings. The van der Waals surface area contributed by atoms with Crippen molar-refractivity contribution in [3.8, 4) is 0 Å². The largest absolute Gasteiger partial charge is 0.355 e. The molecular weight excluding hydrogens is 190 g/mol. The standard InChI is InChI=1S/C8H13NO3S/c1-3-5-6-9-8(10)7-13(11,12)4-2/h3-4H,1-2,5-7H2,(H,9,10). The Balaban J connectivity index is 3.88. The summed E-state index contributed by atoms with van der Waals surface area (Å²) in [5.74, 6) is -1.05. The molecule has 0 unspecified atom stereocenters. The average molecular weight is 203 g/mol. The summed E-state index contributed by atoms with van der Waals surface area (Å²) < 4.78 is 21.7. The molecule has 5 heteroatoms. The van der Waals surface area contributed by atoms with Crippen LogP contribution in [0.25, 0.3) is 0 Å². The van der Waals surface area contributed by atoms with E-state index in [1.165, 1.54) is 0 Å². The van der Waals surface area contributed by atoms with Gasteiger partial charge in [0, 0.05) is 12.0 Å². The maximum atomic E-state index is 10.9. The minimum atomic E-state index is -3.43. The van der Waals surface area contributed by atoms with Crippen LogP contribution in [0.5, 0.6) is 0 Å². The zero-order chi connectivity index (χ0) is 10.3. The molecule has 0 saturated carbocycles. The van der Waals surface area contributed by atoms with Crippen molar-refractivity contribution in [2.75, 3.05) is 12.3 Å². The number of carbonyl (C=O) groups is 1. The van der Waals surface area contributed by atoms with Crippen molar-refractivity contribution in [3.63, 3.8) is 0 Å². The Morgan fingerprint density at radius 2 is 2.00 bits per heavy atom. The summed E-state index contributed by atoms with van der Waals surface area (Å²) >= 11 is 0. The van der Waals surface area contributed by atoms with Gasteiger partial charge in [0.1, 0.15) is 5.75 Å². The predicted octanol–water partition coefficient (Wildman–Crippen LogP) is 0.237. The fraction of sp³-hybridized carbons (Fsp3) is 0.375. The predicted molar refractivity (Wildman–Crippen MR) is 51.8 cm³/mol. The molecule has 0 aromatic carbocycles. The van der Waals surface area contributed by atoms with E-state index in [0.717, 1.165) is 5.41 Å². The average Bonchev–Trinajstić information content (AvgIpc) is 2.04. The maximum Gasteiger partial charge on any atom is 0.235 e. The molecule has 0 aromatic rings. The van der Waals surface area contributed by atoms with E-state index in [-0.39, 0.29) is 0 Å². The molecule has 0 bridgehead atoms. The molecule has 0 aliphatic heterocycles. The first-order chi connectivity index (χ1) is 6.02. The summed E-state index contributed by atoms with van der Waals surface area (Å²) in [5.41, 5.74) is 0. The third kappa shape index (κ3) is 6.10. The molecule has 13 heavy (non-hydrogen) atoms. The van der Waals surface area contributed by atoms with E-state index in [4.69, 9.17) is 0 Å². The van der Waals surface area contributed by atoms with Crippen molar-refractivity contribution < 1.29 is 13.2 Å². The molecule has 0 rings (SSSR count). The third-order valence-electron chi connectivity index (χ3n) is 1.26. The van der Waals surface area contributed by atoms with Crippen molar-refractivity contribution in [3.05, 3.63) is 24.6 Å². The van der Waals surface area contributed by atoms with Crippen LogP contribution in [0.3, 0.4) is 0 Å². The summed E-state index contributed by atoms with van der Waals surface area (Å²) in [6, 6.07) is 0. The maximum absolute atomic E-state index is 10.9. The molecule has 1 N–H and O–H groups in total. The van der Waals surface area contributed by atoms with Crippen molar-refractivity contribution in [1.29, 1.82) is 0 Å². The number of hydrogen-bond donors (Lipinski definition) is 1. The highest BCUT2D eigenvalue weighted by Gasteiger charge is 2.11. The Labute approximate surface area is 78.3 Å². The highest BCUT2D eigenvalue weighted by atomic mass is 32.2. The van der Waals surface area contributed by atoms with Gasteiger partial charge in [-0.1, -0.05) is 12.7 Å². The van der Waals surface area contributed by atoms with Gasteiger partial charge in [0.15, 0.2) is 9.84 Å². The van der Waals surface area contributed by atoms with Gasteiger partial charge in [0.25, 0.3) is 0 Å². The number of amides is 1. The van der Waals surface area contributed by atoms with Gasteiger partial charge in [-0.15, -0.1) is 6.58 Å². The van der Waals surface area contributed by atoms with Crippen LogP contribution in [0.2, 0.25) is 0 Å². The lowest BCUT2D eigenvalue weighted by Crippen LogP contribution is -2.30. The van der Waals surface area contributed by atoms with Gasteiger partial charge in [0.05, 0.1) is 0 Å². The smallest absolute Gasteiger partial charge is 0.235 e. The van der Waals surface area contributed by atoms with E-state index >= 15 is 0 Å². The Morgan fingerprint density at radius 1 is 1.38 bits per heavy atom. The third-order valence-corrected chi connectivity index (χ3v) is 2.43. The summed E-state index contributed by atoms with van der Waals surface area (Å²) in [7, 11) is -3.43. The molecule has 0 heterocycles. The molecule has 74 valence electrons. The van der Waals surface area contributed by atoms with Crippen LogP contribution in [0.1, 0.15) is 6.42 Å². The lowest BCUT2D eigenvalue weighted by Gasteiger charge is -2.01. The zero-order valence-corrected chi connectivity index (χ0v) is 8.14. The normalized spacial score (nSPS) is 10.5. The molecule has 4 nitrogen and oxygen atoms in total. The number of nitrogens with one attached hydrogen (secondary N) is 1. The number of rotatable bonds is 6. The van der Waals surface area contributed by atoms with Crippen molar-refractivity contribution in [2.24, 2.45) is 0 Å². The first kappa shape index (κ1) is 11.9. The summed E-state index contributed by atoms with van der Waals surface area (Å²) in [4.78, 5) is 10.9. The fourth-order valence-electron chi connectivity index (χ4n) is 0.606. The first-order valence-electron chi connectivity index (χ1n) is 3.74. The zero-order valence-electron chi connectivity index (χ0n) is 7.32. The highest BCUT2D eigenvalue weighted by molar-refractivity contribution is 7.94. The number of sulfone groups is 1. The first-order valence-corrected chi connectivity index (χ1v) is 5.46. The minimum absolute atomic E-state index is 0.412. The molecule has 0 saturated heterocycles. The van der Waals surface area contributed by atoms with Crippen LogP contribution < -0.4 is 5.32 Å². The van der Waals surface area contributed by atoms with Gasteiger partial charge in [-0.05, 0) is 6.42 Å². The summed E-state index contributed by atoms with van der Waals surface area (Å²) in [5, 5.41) is 3.21.